The van der Waals surface area contributed by atoms with E-state index in [4.69, 9.17) is 4.42 Å². The van der Waals surface area contributed by atoms with Gasteiger partial charge in [0.25, 0.3) is 11.8 Å². The van der Waals surface area contributed by atoms with E-state index in [9.17, 15) is 9.59 Å². The highest BCUT2D eigenvalue weighted by Gasteiger charge is 2.14. The van der Waals surface area contributed by atoms with Gasteiger partial charge in [-0.3, -0.25) is 9.59 Å². The number of carbonyl (C=O) groups is 2. The number of amides is 2. The maximum absolute atomic E-state index is 12.3. The number of rotatable bonds is 6. The highest BCUT2D eigenvalue weighted by atomic mass is 16.3. The molecule has 1 atom stereocenters. The lowest BCUT2D eigenvalue weighted by molar-refractivity contribution is 0.0948. The molecule has 6 nitrogen and oxygen atoms in total. The third-order valence-corrected chi connectivity index (χ3v) is 4.36. The van der Waals surface area contributed by atoms with Crippen LogP contribution in [0.3, 0.4) is 0 Å². The van der Waals surface area contributed by atoms with Crippen LogP contribution >= 0.6 is 0 Å². The van der Waals surface area contributed by atoms with E-state index in [1.54, 1.807) is 36.4 Å². The normalized spacial score (nSPS) is 17.0. The Balaban J connectivity index is 1.51. The third kappa shape index (κ3) is 4.93. The molecule has 3 N–H and O–H groups in total. The largest absolute Gasteiger partial charge is 0.459 e. The summed E-state index contributed by atoms with van der Waals surface area (Å²) in [6.45, 7) is 2.79. The quantitative estimate of drug-likeness (QED) is 0.754. The van der Waals surface area contributed by atoms with Crippen molar-refractivity contribution < 1.29 is 14.0 Å². The first-order chi connectivity index (χ1) is 12.2. The molecule has 1 fully saturated rings. The minimum Gasteiger partial charge on any atom is -0.459 e. The van der Waals surface area contributed by atoms with E-state index in [1.165, 1.54) is 19.1 Å². The van der Waals surface area contributed by atoms with Gasteiger partial charge in [0.2, 0.25) is 0 Å². The Morgan fingerprint density at radius 1 is 1.20 bits per heavy atom. The molecule has 25 heavy (non-hydrogen) atoms. The van der Waals surface area contributed by atoms with Crippen LogP contribution in [0.5, 0.6) is 0 Å². The molecule has 2 heterocycles. The van der Waals surface area contributed by atoms with Crippen LogP contribution in [0.1, 0.15) is 40.2 Å². The predicted molar refractivity (Wildman–Crippen MR) is 95.6 cm³/mol. The molecular formula is C19H23N3O3. The van der Waals surface area contributed by atoms with Crippen LogP contribution in [0.2, 0.25) is 0 Å². The molecule has 0 aliphatic carbocycles. The van der Waals surface area contributed by atoms with Gasteiger partial charge in [-0.2, -0.15) is 0 Å². The second-order valence-corrected chi connectivity index (χ2v) is 6.27. The molecule has 0 bridgehead atoms. The number of hydrogen-bond acceptors (Lipinski definition) is 4. The van der Waals surface area contributed by atoms with Crippen LogP contribution in [0.25, 0.3) is 0 Å². The molecule has 1 aromatic heterocycles. The van der Waals surface area contributed by atoms with Gasteiger partial charge < -0.3 is 20.4 Å². The lowest BCUT2D eigenvalue weighted by Crippen LogP contribution is -2.33. The summed E-state index contributed by atoms with van der Waals surface area (Å²) in [5.41, 5.74) is 1.09. The van der Waals surface area contributed by atoms with Gasteiger partial charge in [0.1, 0.15) is 0 Å². The topological polar surface area (TPSA) is 83.4 Å². The number of benzene rings is 1. The Morgan fingerprint density at radius 2 is 2.12 bits per heavy atom. The minimum absolute atomic E-state index is 0.127. The molecule has 132 valence electrons. The molecule has 2 amide bonds. The van der Waals surface area contributed by atoms with Gasteiger partial charge in [0, 0.05) is 17.8 Å². The summed E-state index contributed by atoms with van der Waals surface area (Å²) in [5.74, 6) is 0.397. The smallest absolute Gasteiger partial charge is 0.291 e. The molecule has 1 saturated heterocycles. The maximum atomic E-state index is 12.3. The second kappa shape index (κ2) is 8.48. The molecule has 0 saturated carbocycles. The number of furan rings is 1. The molecule has 1 aromatic carbocycles. The molecular weight excluding hydrogens is 318 g/mol. The monoisotopic (exact) mass is 341 g/mol. The zero-order valence-corrected chi connectivity index (χ0v) is 14.1. The molecule has 2 aromatic rings. The summed E-state index contributed by atoms with van der Waals surface area (Å²) < 4.78 is 5.06. The van der Waals surface area contributed by atoms with E-state index < -0.39 is 0 Å². The van der Waals surface area contributed by atoms with Crippen molar-refractivity contribution in [3.05, 3.63) is 54.0 Å². The Labute approximate surface area is 147 Å². The molecule has 0 spiro atoms. The van der Waals surface area contributed by atoms with Gasteiger partial charge in [-0.15, -0.1) is 0 Å². The van der Waals surface area contributed by atoms with Crippen molar-refractivity contribution in [2.75, 3.05) is 25.0 Å². The van der Waals surface area contributed by atoms with Gasteiger partial charge in [-0.25, -0.2) is 0 Å². The van der Waals surface area contributed by atoms with Crippen molar-refractivity contribution in [2.24, 2.45) is 5.92 Å². The van der Waals surface area contributed by atoms with Crippen LogP contribution in [-0.4, -0.2) is 31.4 Å². The Hall–Kier alpha value is -2.60. The van der Waals surface area contributed by atoms with E-state index in [2.05, 4.69) is 16.0 Å². The zero-order valence-electron chi connectivity index (χ0n) is 14.1. The lowest BCUT2D eigenvalue weighted by atomic mass is 9.96. The molecule has 0 radical (unpaired) electrons. The average Bonchev–Trinajstić information content (AvgIpc) is 3.18. The summed E-state index contributed by atoms with van der Waals surface area (Å²) in [4.78, 5) is 24.3. The molecule has 6 heteroatoms. The molecule has 1 aliphatic rings. The van der Waals surface area contributed by atoms with Gasteiger partial charge >= 0.3 is 0 Å². The minimum atomic E-state index is -0.340. The van der Waals surface area contributed by atoms with E-state index >= 15 is 0 Å². The summed E-state index contributed by atoms with van der Waals surface area (Å²) in [5, 5.41) is 9.06. The van der Waals surface area contributed by atoms with Gasteiger partial charge in [-0.1, -0.05) is 6.07 Å². The summed E-state index contributed by atoms with van der Waals surface area (Å²) in [6, 6.07) is 10.1. The lowest BCUT2D eigenvalue weighted by Gasteiger charge is -2.22. The third-order valence-electron chi connectivity index (χ3n) is 4.36. The van der Waals surface area contributed by atoms with E-state index in [0.29, 0.717) is 23.7 Å². The van der Waals surface area contributed by atoms with Crippen LogP contribution in [0.4, 0.5) is 5.69 Å². The number of anilines is 1. The summed E-state index contributed by atoms with van der Waals surface area (Å²) in [6.07, 6.45) is 4.85. The maximum Gasteiger partial charge on any atom is 0.291 e. The van der Waals surface area contributed by atoms with Crippen molar-refractivity contribution in [3.8, 4) is 0 Å². The van der Waals surface area contributed by atoms with Crippen molar-refractivity contribution in [2.45, 2.75) is 19.3 Å². The van der Waals surface area contributed by atoms with E-state index in [1.807, 2.05) is 0 Å². The van der Waals surface area contributed by atoms with Crippen LogP contribution in [0.15, 0.2) is 47.1 Å². The van der Waals surface area contributed by atoms with Gasteiger partial charge in [0.05, 0.1) is 6.26 Å². The summed E-state index contributed by atoms with van der Waals surface area (Å²) in [7, 11) is 0. The predicted octanol–water partition coefficient (Wildman–Crippen LogP) is 2.65. The van der Waals surface area contributed by atoms with Gasteiger partial charge in [0.15, 0.2) is 5.76 Å². The highest BCUT2D eigenvalue weighted by Crippen LogP contribution is 2.14. The standard InChI is InChI=1S/C19H23N3O3/c23-18(21-10-8-14-4-2-9-20-13-14)15-5-1-6-16(12-15)22-19(24)17-7-3-11-25-17/h1,3,5-7,11-12,14,20H,2,4,8-10,13H2,(H,21,23)(H,22,24). The van der Waals surface area contributed by atoms with Crippen molar-refractivity contribution in [1.82, 2.24) is 10.6 Å². The van der Waals surface area contributed by atoms with Crippen molar-refractivity contribution >= 4 is 17.5 Å². The first kappa shape index (κ1) is 17.2. The van der Waals surface area contributed by atoms with Crippen molar-refractivity contribution in [1.29, 1.82) is 0 Å². The van der Waals surface area contributed by atoms with E-state index in [-0.39, 0.29) is 17.6 Å². The Bertz CT molecular complexity index is 706. The van der Waals surface area contributed by atoms with E-state index in [0.717, 1.165) is 19.5 Å². The first-order valence-electron chi connectivity index (χ1n) is 8.66. The fourth-order valence-corrected chi connectivity index (χ4v) is 3.00. The number of nitrogens with one attached hydrogen (secondary N) is 3. The van der Waals surface area contributed by atoms with Crippen LogP contribution in [0, 0.1) is 5.92 Å². The average molecular weight is 341 g/mol. The fraction of sp³-hybridized carbons (Fsp3) is 0.368. The number of carbonyl (C=O) groups excluding carboxylic acids is 2. The fourth-order valence-electron chi connectivity index (χ4n) is 3.00. The number of piperidine rings is 1. The van der Waals surface area contributed by atoms with Gasteiger partial charge in [-0.05, 0) is 68.6 Å². The Morgan fingerprint density at radius 3 is 2.88 bits per heavy atom. The van der Waals surface area contributed by atoms with Crippen LogP contribution in [-0.2, 0) is 0 Å². The Kier molecular flexibility index (Phi) is 5.85. The highest BCUT2D eigenvalue weighted by molar-refractivity contribution is 6.03. The summed E-state index contributed by atoms with van der Waals surface area (Å²) >= 11 is 0. The second-order valence-electron chi connectivity index (χ2n) is 6.27. The molecule has 1 aliphatic heterocycles. The molecule has 1 unspecified atom stereocenters. The van der Waals surface area contributed by atoms with Crippen LogP contribution < -0.4 is 16.0 Å². The number of hydrogen-bond donors (Lipinski definition) is 3. The van der Waals surface area contributed by atoms with Crippen molar-refractivity contribution in [3.63, 3.8) is 0 Å². The molecule has 3 rings (SSSR count). The SMILES string of the molecule is O=C(NCCC1CCCNC1)c1cccc(NC(=O)c2ccco2)c1. The first-order valence-corrected chi connectivity index (χ1v) is 8.66. The zero-order chi connectivity index (χ0) is 17.5.